The Morgan fingerprint density at radius 2 is 1.96 bits per heavy atom. The number of halogens is 3. The number of rotatable bonds is 4. The first-order chi connectivity index (χ1) is 12.8. The molecule has 0 radical (unpaired) electrons. The van der Waals surface area contributed by atoms with Gasteiger partial charge >= 0.3 is 0 Å². The smallest absolute Gasteiger partial charge is 0.296 e. The number of carbonyl (C=O) groups excluding carboxylic acids is 1. The predicted octanol–water partition coefficient (Wildman–Crippen LogP) is 4.44. The molecule has 0 saturated heterocycles. The fourth-order valence-corrected chi connectivity index (χ4v) is 3.53. The second-order valence-corrected chi connectivity index (χ2v) is 8.02. The van der Waals surface area contributed by atoms with Gasteiger partial charge in [0.1, 0.15) is 0 Å². The van der Waals surface area contributed by atoms with E-state index in [0.29, 0.717) is 17.1 Å². The summed E-state index contributed by atoms with van der Waals surface area (Å²) in [5.74, 6) is -0.673. The molecule has 0 spiro atoms. The van der Waals surface area contributed by atoms with E-state index in [2.05, 4.69) is 26.2 Å². The summed E-state index contributed by atoms with van der Waals surface area (Å²) >= 11 is 15.3. The number of nitrogens with one attached hydrogen (secondary N) is 1. The molecule has 0 fully saturated rings. The summed E-state index contributed by atoms with van der Waals surface area (Å²) in [6.45, 7) is 0.524. The third kappa shape index (κ3) is 4.16. The Bertz CT molecular complexity index is 1060. The number of fused-ring (bicyclic) bond motifs is 1. The van der Waals surface area contributed by atoms with E-state index in [-0.39, 0.29) is 22.2 Å². The van der Waals surface area contributed by atoms with Gasteiger partial charge in [-0.2, -0.15) is 0 Å². The maximum absolute atomic E-state index is 12.4. The first-order valence-electron chi connectivity index (χ1n) is 7.98. The van der Waals surface area contributed by atoms with Crippen LogP contribution in [-0.4, -0.2) is 29.7 Å². The van der Waals surface area contributed by atoms with Crippen LogP contribution in [0, 0.1) is 0 Å². The van der Waals surface area contributed by atoms with E-state index in [1.54, 1.807) is 10.6 Å². The lowest BCUT2D eigenvalue weighted by molar-refractivity contribution is -0.882. The zero-order chi connectivity index (χ0) is 19.7. The van der Waals surface area contributed by atoms with Crippen LogP contribution in [0.2, 0.25) is 10.0 Å². The molecule has 2 aromatic carbocycles. The third-order valence-electron chi connectivity index (χ3n) is 3.85. The lowest BCUT2D eigenvalue weighted by atomic mass is 10.2. The Morgan fingerprint density at radius 3 is 2.63 bits per heavy atom. The molecule has 27 heavy (non-hydrogen) atoms. The minimum absolute atomic E-state index is 0.0527. The highest BCUT2D eigenvalue weighted by molar-refractivity contribution is 9.10. The van der Waals surface area contributed by atoms with E-state index >= 15 is 0 Å². The molecular formula is C18H16BrCl2N4O2+. The molecule has 0 aliphatic carbocycles. The molecule has 140 valence electrons. The lowest BCUT2D eigenvalue weighted by Gasteiger charge is -2.10. The maximum atomic E-state index is 12.4. The second kappa shape index (κ2) is 7.98. The van der Waals surface area contributed by atoms with Crippen LogP contribution in [0.3, 0.4) is 0 Å². The fourth-order valence-electron chi connectivity index (χ4n) is 2.68. The lowest BCUT2D eigenvalue weighted by Crippen LogP contribution is -3.04. The first kappa shape index (κ1) is 19.8. The number of hydrogen-bond acceptors (Lipinski definition) is 3. The van der Waals surface area contributed by atoms with Crippen LogP contribution in [0.25, 0.3) is 10.9 Å². The molecule has 1 aromatic heterocycles. The Balaban J connectivity index is 2.05. The molecule has 0 saturated carbocycles. The predicted molar refractivity (Wildman–Crippen MR) is 109 cm³/mol. The molecule has 0 aliphatic rings. The van der Waals surface area contributed by atoms with E-state index in [0.717, 1.165) is 14.9 Å². The number of quaternary nitrogens is 1. The molecule has 1 heterocycles. The minimum atomic E-state index is -0.620. The molecule has 3 aromatic rings. The third-order valence-corrected chi connectivity index (χ3v) is 4.89. The van der Waals surface area contributed by atoms with Crippen molar-refractivity contribution in [2.45, 2.75) is 6.67 Å². The van der Waals surface area contributed by atoms with Gasteiger partial charge < -0.3 is 10.0 Å². The quantitative estimate of drug-likeness (QED) is 0.553. The van der Waals surface area contributed by atoms with Gasteiger partial charge in [-0.3, -0.25) is 9.36 Å². The molecule has 0 unspecified atom stereocenters. The van der Waals surface area contributed by atoms with Gasteiger partial charge in [-0.1, -0.05) is 39.1 Å². The first-order valence-corrected chi connectivity index (χ1v) is 9.53. The number of benzene rings is 2. The van der Waals surface area contributed by atoms with Crippen LogP contribution in [0.5, 0.6) is 5.88 Å². The van der Waals surface area contributed by atoms with E-state index in [9.17, 15) is 9.90 Å². The van der Waals surface area contributed by atoms with Gasteiger partial charge in [0.05, 0.1) is 30.2 Å². The topological polar surface area (TPSA) is 71.4 Å². The summed E-state index contributed by atoms with van der Waals surface area (Å²) in [6.07, 6.45) is 0. The number of amides is 1. The fraction of sp³-hybridized carbons (Fsp3) is 0.167. The number of aromatic hydroxyl groups is 1. The van der Waals surface area contributed by atoms with Crippen LogP contribution >= 0.6 is 39.1 Å². The summed E-state index contributed by atoms with van der Waals surface area (Å²) in [5, 5.41) is 19.7. The van der Waals surface area contributed by atoms with Crippen molar-refractivity contribution in [1.29, 1.82) is 0 Å². The van der Waals surface area contributed by atoms with Crippen molar-refractivity contribution < 1.29 is 14.8 Å². The molecule has 3 rings (SSSR count). The number of nitrogens with zero attached hydrogens (tertiary/aromatic N) is 3. The highest BCUT2D eigenvalue weighted by atomic mass is 79.9. The average molecular weight is 471 g/mol. The standard InChI is InChI=1S/C18H15BrCl2N4O2/c1-24(2)9-25-15-6-3-10(19)7-13(15)16(18(25)27)22-23-17(26)12-5-4-11(20)8-14(12)21/h3-8,27H,9H2,1-2H3/p+1. The monoisotopic (exact) mass is 469 g/mol. The van der Waals surface area contributed by atoms with Crippen molar-refractivity contribution in [1.82, 2.24) is 4.57 Å². The van der Waals surface area contributed by atoms with Gasteiger partial charge in [0.2, 0.25) is 5.88 Å². The SMILES string of the molecule is C[NH+](C)Cn1c(O)c(N=NC(=O)c2ccc(Cl)cc2Cl)c2cc(Br)ccc21. The average Bonchev–Trinajstić information content (AvgIpc) is 2.83. The molecule has 1 amide bonds. The molecule has 0 aliphatic heterocycles. The number of hydrogen-bond donors (Lipinski definition) is 2. The summed E-state index contributed by atoms with van der Waals surface area (Å²) in [6, 6.07) is 10.1. The summed E-state index contributed by atoms with van der Waals surface area (Å²) in [4.78, 5) is 13.5. The highest BCUT2D eigenvalue weighted by Gasteiger charge is 2.19. The van der Waals surface area contributed by atoms with E-state index in [1.807, 2.05) is 32.3 Å². The van der Waals surface area contributed by atoms with Gasteiger partial charge in [0, 0.05) is 14.9 Å². The zero-order valence-electron chi connectivity index (χ0n) is 14.5. The zero-order valence-corrected chi connectivity index (χ0v) is 17.6. The molecule has 9 heteroatoms. The highest BCUT2D eigenvalue weighted by Crippen LogP contribution is 2.39. The van der Waals surface area contributed by atoms with Gasteiger partial charge in [0.25, 0.3) is 5.91 Å². The van der Waals surface area contributed by atoms with Gasteiger partial charge in [-0.15, -0.1) is 10.2 Å². The van der Waals surface area contributed by atoms with Crippen LogP contribution in [0.1, 0.15) is 10.4 Å². The number of azo groups is 1. The molecule has 2 N–H and O–H groups in total. The maximum Gasteiger partial charge on any atom is 0.296 e. The second-order valence-electron chi connectivity index (χ2n) is 6.26. The van der Waals surface area contributed by atoms with Crippen molar-refractivity contribution in [2.75, 3.05) is 14.1 Å². The molecular weight excluding hydrogens is 455 g/mol. The summed E-state index contributed by atoms with van der Waals surface area (Å²) < 4.78 is 2.55. The van der Waals surface area contributed by atoms with Crippen molar-refractivity contribution in [2.24, 2.45) is 10.2 Å². The van der Waals surface area contributed by atoms with E-state index in [4.69, 9.17) is 23.2 Å². The number of carbonyl (C=O) groups is 1. The normalized spacial score (nSPS) is 11.8. The minimum Gasteiger partial charge on any atom is -0.493 e. The van der Waals surface area contributed by atoms with Crippen molar-refractivity contribution >= 4 is 61.6 Å². The van der Waals surface area contributed by atoms with Crippen LogP contribution in [0.4, 0.5) is 5.69 Å². The molecule has 0 atom stereocenters. The van der Waals surface area contributed by atoms with Crippen LogP contribution in [0.15, 0.2) is 51.1 Å². The Kier molecular flexibility index (Phi) is 5.86. The van der Waals surface area contributed by atoms with Crippen molar-refractivity contribution in [3.05, 3.63) is 56.5 Å². The molecule has 0 bridgehead atoms. The molecule has 6 nitrogen and oxygen atoms in total. The van der Waals surface area contributed by atoms with Gasteiger partial charge in [0.15, 0.2) is 12.4 Å². The van der Waals surface area contributed by atoms with E-state index < -0.39 is 5.91 Å². The van der Waals surface area contributed by atoms with Gasteiger partial charge in [-0.25, -0.2) is 0 Å². The Morgan fingerprint density at radius 1 is 1.22 bits per heavy atom. The van der Waals surface area contributed by atoms with Crippen LogP contribution in [-0.2, 0) is 6.67 Å². The Hall–Kier alpha value is -1.93. The summed E-state index contributed by atoms with van der Waals surface area (Å²) in [7, 11) is 3.94. The summed E-state index contributed by atoms with van der Waals surface area (Å²) in [5.41, 5.74) is 1.21. The van der Waals surface area contributed by atoms with Crippen LogP contribution < -0.4 is 4.90 Å². The largest absolute Gasteiger partial charge is 0.493 e. The van der Waals surface area contributed by atoms with Gasteiger partial charge in [-0.05, 0) is 36.4 Å². The van der Waals surface area contributed by atoms with E-state index in [1.165, 1.54) is 12.1 Å². The van der Waals surface area contributed by atoms with Crippen molar-refractivity contribution in [3.63, 3.8) is 0 Å². The van der Waals surface area contributed by atoms with Crippen molar-refractivity contribution in [3.8, 4) is 5.88 Å². The number of aromatic nitrogens is 1. The Labute approximate surface area is 174 Å².